The second-order valence-electron chi connectivity index (χ2n) is 4.07. The van der Waals surface area contributed by atoms with Gasteiger partial charge in [-0.3, -0.25) is 20.0 Å². The average molecular weight is 260 g/mol. The van der Waals surface area contributed by atoms with Gasteiger partial charge in [0.05, 0.1) is 22.5 Å². The van der Waals surface area contributed by atoms with Gasteiger partial charge in [0.1, 0.15) is 0 Å². The van der Waals surface area contributed by atoms with Crippen molar-refractivity contribution in [1.29, 1.82) is 0 Å². The minimum absolute atomic E-state index is 0.0726. The predicted molar refractivity (Wildman–Crippen MR) is 69.1 cm³/mol. The Bertz CT molecular complexity index is 648. The molecule has 0 spiro atoms. The lowest BCUT2D eigenvalue weighted by Gasteiger charge is -2.07. The summed E-state index contributed by atoms with van der Waals surface area (Å²) in [6, 6.07) is 4.41. The molecule has 1 aromatic heterocycles. The first-order valence-corrected chi connectivity index (χ1v) is 5.56. The van der Waals surface area contributed by atoms with Gasteiger partial charge in [0.2, 0.25) is 0 Å². The number of rotatable bonds is 3. The Labute approximate surface area is 108 Å². The van der Waals surface area contributed by atoms with Crippen molar-refractivity contribution in [2.75, 3.05) is 5.32 Å². The van der Waals surface area contributed by atoms with E-state index in [4.69, 9.17) is 0 Å². The number of hydrogen-bond acceptors (Lipinski definition) is 4. The van der Waals surface area contributed by atoms with Gasteiger partial charge in [0.15, 0.2) is 0 Å². The van der Waals surface area contributed by atoms with Crippen molar-refractivity contribution in [2.24, 2.45) is 0 Å². The number of amides is 1. The van der Waals surface area contributed by atoms with Crippen LogP contribution in [0.1, 0.15) is 21.6 Å². The van der Waals surface area contributed by atoms with Crippen LogP contribution in [0.15, 0.2) is 24.4 Å². The first-order valence-electron chi connectivity index (χ1n) is 5.56. The smallest absolute Gasteiger partial charge is 0.273 e. The highest BCUT2D eigenvalue weighted by atomic mass is 16.6. The molecule has 0 aliphatic heterocycles. The van der Waals surface area contributed by atoms with E-state index < -0.39 is 10.8 Å². The maximum atomic E-state index is 12.1. The number of aryl methyl sites for hydroxylation is 1. The zero-order valence-corrected chi connectivity index (χ0v) is 10.4. The molecule has 1 amide bonds. The molecule has 1 aromatic carbocycles. The summed E-state index contributed by atoms with van der Waals surface area (Å²) < 4.78 is 0. The number of hydrogen-bond donors (Lipinski definition) is 2. The summed E-state index contributed by atoms with van der Waals surface area (Å²) in [6.45, 7) is 3.32. The van der Waals surface area contributed by atoms with E-state index in [-0.39, 0.29) is 11.3 Å². The number of carbonyl (C=O) groups excluding carboxylic acids is 1. The van der Waals surface area contributed by atoms with Crippen LogP contribution in [0.5, 0.6) is 0 Å². The summed E-state index contributed by atoms with van der Waals surface area (Å²) in [5, 5.41) is 20.0. The zero-order chi connectivity index (χ0) is 14.0. The third-order valence-electron chi connectivity index (χ3n) is 2.82. The minimum Gasteiger partial charge on any atom is -0.319 e. The first kappa shape index (κ1) is 12.7. The maximum absolute atomic E-state index is 12.1. The molecule has 0 aliphatic carbocycles. The Balaban J connectivity index is 2.32. The number of nitrogens with zero attached hydrogens (tertiary/aromatic N) is 2. The lowest BCUT2D eigenvalue weighted by molar-refractivity contribution is -0.385. The van der Waals surface area contributed by atoms with Gasteiger partial charge < -0.3 is 5.32 Å². The molecule has 98 valence electrons. The molecule has 0 unspecified atom stereocenters. The fraction of sp³-hybridized carbons (Fsp3) is 0.167. The maximum Gasteiger partial charge on any atom is 0.273 e. The number of benzene rings is 1. The molecule has 0 saturated heterocycles. The normalized spacial score (nSPS) is 10.2. The van der Waals surface area contributed by atoms with Crippen molar-refractivity contribution in [1.82, 2.24) is 10.2 Å². The number of nitrogens with one attached hydrogen (secondary N) is 2. The predicted octanol–water partition coefficient (Wildman–Crippen LogP) is 2.19. The van der Waals surface area contributed by atoms with E-state index >= 15 is 0 Å². The van der Waals surface area contributed by atoms with Gasteiger partial charge in [-0.25, -0.2) is 0 Å². The average Bonchev–Trinajstić information content (AvgIpc) is 2.74. The van der Waals surface area contributed by atoms with Crippen LogP contribution in [-0.4, -0.2) is 21.0 Å². The number of aromatic amines is 1. The topological polar surface area (TPSA) is 101 Å². The van der Waals surface area contributed by atoms with E-state index in [1.54, 1.807) is 19.9 Å². The molecule has 0 saturated carbocycles. The third-order valence-corrected chi connectivity index (χ3v) is 2.82. The van der Waals surface area contributed by atoms with Crippen molar-refractivity contribution >= 4 is 17.3 Å². The second-order valence-corrected chi connectivity index (χ2v) is 4.07. The standard InChI is InChI=1S/C12H12N4O3/c1-7-9(4-3-5-11(7)16(18)19)12(17)14-10-6-13-15-8(10)2/h3-6H,1-2H3,(H,13,15)(H,14,17). The van der Waals surface area contributed by atoms with Crippen molar-refractivity contribution < 1.29 is 9.72 Å². The number of nitro groups is 1. The molecule has 0 fully saturated rings. The summed E-state index contributed by atoms with van der Waals surface area (Å²) in [4.78, 5) is 22.4. The Hall–Kier alpha value is -2.70. The second kappa shape index (κ2) is 4.89. The molecule has 2 aromatic rings. The summed E-state index contributed by atoms with van der Waals surface area (Å²) in [7, 11) is 0. The Kier molecular flexibility index (Phi) is 3.28. The van der Waals surface area contributed by atoms with Crippen LogP contribution in [-0.2, 0) is 0 Å². The van der Waals surface area contributed by atoms with Gasteiger partial charge in [-0.2, -0.15) is 5.10 Å². The minimum atomic E-state index is -0.505. The van der Waals surface area contributed by atoms with Gasteiger partial charge >= 0.3 is 0 Å². The molecule has 0 atom stereocenters. The van der Waals surface area contributed by atoms with Crippen LogP contribution >= 0.6 is 0 Å². The van der Waals surface area contributed by atoms with Crippen LogP contribution in [0.2, 0.25) is 0 Å². The zero-order valence-electron chi connectivity index (χ0n) is 10.4. The number of aromatic nitrogens is 2. The molecule has 19 heavy (non-hydrogen) atoms. The summed E-state index contributed by atoms with van der Waals surface area (Å²) >= 11 is 0. The molecule has 7 nitrogen and oxygen atoms in total. The Morgan fingerprint density at radius 2 is 2.16 bits per heavy atom. The number of H-pyrrole nitrogens is 1. The number of carbonyl (C=O) groups is 1. The van der Waals surface area contributed by atoms with Crippen molar-refractivity contribution in [3.05, 3.63) is 51.3 Å². The van der Waals surface area contributed by atoms with Crippen molar-refractivity contribution in [3.63, 3.8) is 0 Å². The van der Waals surface area contributed by atoms with Gasteiger partial charge in [-0.15, -0.1) is 0 Å². The fourth-order valence-corrected chi connectivity index (χ4v) is 1.73. The van der Waals surface area contributed by atoms with Gasteiger partial charge in [-0.05, 0) is 19.9 Å². The van der Waals surface area contributed by atoms with E-state index in [1.165, 1.54) is 18.3 Å². The summed E-state index contributed by atoms with van der Waals surface area (Å²) in [5.41, 5.74) is 1.81. The summed E-state index contributed by atoms with van der Waals surface area (Å²) in [5.74, 6) is -0.397. The first-order chi connectivity index (χ1) is 9.00. The molecule has 0 radical (unpaired) electrons. The van der Waals surface area contributed by atoms with Crippen LogP contribution in [0.4, 0.5) is 11.4 Å². The molecule has 2 N–H and O–H groups in total. The molecule has 1 heterocycles. The Morgan fingerprint density at radius 3 is 2.74 bits per heavy atom. The van der Waals surface area contributed by atoms with E-state index in [0.717, 1.165) is 5.69 Å². The van der Waals surface area contributed by atoms with E-state index in [1.807, 2.05) is 0 Å². The van der Waals surface area contributed by atoms with E-state index in [9.17, 15) is 14.9 Å². The fourth-order valence-electron chi connectivity index (χ4n) is 1.73. The van der Waals surface area contributed by atoms with Crippen molar-refractivity contribution in [3.8, 4) is 0 Å². The third kappa shape index (κ3) is 2.44. The van der Waals surface area contributed by atoms with Crippen molar-refractivity contribution in [2.45, 2.75) is 13.8 Å². The van der Waals surface area contributed by atoms with E-state index in [2.05, 4.69) is 15.5 Å². The molecule has 0 aliphatic rings. The molecular weight excluding hydrogens is 248 g/mol. The lowest BCUT2D eigenvalue weighted by Crippen LogP contribution is -2.14. The van der Waals surface area contributed by atoms with Crippen LogP contribution < -0.4 is 5.32 Å². The number of anilines is 1. The highest BCUT2D eigenvalue weighted by Crippen LogP contribution is 2.22. The Morgan fingerprint density at radius 1 is 1.42 bits per heavy atom. The van der Waals surface area contributed by atoms with Crippen LogP contribution in [0, 0.1) is 24.0 Å². The largest absolute Gasteiger partial charge is 0.319 e. The molecule has 7 heteroatoms. The van der Waals surface area contributed by atoms with Gasteiger partial charge in [-0.1, -0.05) is 6.07 Å². The number of nitro benzene ring substituents is 1. The van der Waals surface area contributed by atoms with Gasteiger partial charge in [0, 0.05) is 17.2 Å². The van der Waals surface area contributed by atoms with Crippen LogP contribution in [0.3, 0.4) is 0 Å². The van der Waals surface area contributed by atoms with Gasteiger partial charge in [0.25, 0.3) is 11.6 Å². The van der Waals surface area contributed by atoms with E-state index in [0.29, 0.717) is 11.3 Å². The summed E-state index contributed by atoms with van der Waals surface area (Å²) in [6.07, 6.45) is 1.49. The highest BCUT2D eigenvalue weighted by molar-refractivity contribution is 6.06. The molecule has 2 rings (SSSR count). The molecule has 0 bridgehead atoms. The molecular formula is C12H12N4O3. The lowest BCUT2D eigenvalue weighted by atomic mass is 10.1. The van der Waals surface area contributed by atoms with Crippen LogP contribution in [0.25, 0.3) is 0 Å². The SMILES string of the molecule is Cc1[nH]ncc1NC(=O)c1cccc([N+](=O)[O-])c1C. The highest BCUT2D eigenvalue weighted by Gasteiger charge is 2.18. The quantitative estimate of drug-likeness (QED) is 0.652. The monoisotopic (exact) mass is 260 g/mol.